The predicted octanol–water partition coefficient (Wildman–Crippen LogP) is 4.58. The summed E-state index contributed by atoms with van der Waals surface area (Å²) in [5, 5.41) is 1.90. The van der Waals surface area contributed by atoms with Crippen molar-refractivity contribution in [1.82, 2.24) is 0 Å². The Kier molecular flexibility index (Phi) is 4.93. The molecule has 2 nitrogen and oxygen atoms in total. The number of carbonyl (C=O) groups is 1. The van der Waals surface area contributed by atoms with E-state index in [0.717, 1.165) is 4.88 Å². The summed E-state index contributed by atoms with van der Waals surface area (Å²) in [6.07, 6.45) is 0.936. The van der Waals surface area contributed by atoms with E-state index in [4.69, 9.17) is 16.3 Å². The second-order valence-corrected chi connectivity index (χ2v) is 5.26. The van der Waals surface area contributed by atoms with Crippen molar-refractivity contribution in [2.45, 2.75) is 12.8 Å². The van der Waals surface area contributed by atoms with E-state index >= 15 is 0 Å². The molecule has 1 aromatic carbocycles. The fourth-order valence-electron chi connectivity index (χ4n) is 1.57. The van der Waals surface area contributed by atoms with Crippen molar-refractivity contribution >= 4 is 28.7 Å². The molecule has 1 aromatic heterocycles. The van der Waals surface area contributed by atoms with Crippen LogP contribution in [0, 0.1) is 5.82 Å². The molecule has 0 unspecified atom stereocenters. The number of thiophene rings is 1. The van der Waals surface area contributed by atoms with Gasteiger partial charge in [-0.25, -0.2) is 4.39 Å². The first-order valence-electron chi connectivity index (χ1n) is 5.82. The van der Waals surface area contributed by atoms with E-state index in [1.54, 1.807) is 12.1 Å². The van der Waals surface area contributed by atoms with Gasteiger partial charge in [0.1, 0.15) is 0 Å². The summed E-state index contributed by atoms with van der Waals surface area (Å²) >= 11 is 7.06. The van der Waals surface area contributed by atoms with E-state index < -0.39 is 5.82 Å². The highest BCUT2D eigenvalue weighted by molar-refractivity contribution is 7.12. The Morgan fingerprint density at radius 2 is 2.16 bits per heavy atom. The molecular formula is C14H12ClFO2S. The zero-order chi connectivity index (χ0) is 13.7. The van der Waals surface area contributed by atoms with E-state index in [1.165, 1.54) is 23.5 Å². The Bertz CT molecular complexity index is 555. The number of hydrogen-bond donors (Lipinski definition) is 0. The number of Topliss-reactive ketones (excluding diaryl/α,β-unsaturated/α-hetero) is 1. The van der Waals surface area contributed by atoms with Crippen LogP contribution in [-0.2, 0) is 0 Å². The maximum atomic E-state index is 13.5. The molecule has 0 spiro atoms. The van der Waals surface area contributed by atoms with E-state index in [9.17, 15) is 9.18 Å². The highest BCUT2D eigenvalue weighted by atomic mass is 35.5. The van der Waals surface area contributed by atoms with Crippen LogP contribution in [0.5, 0.6) is 5.75 Å². The van der Waals surface area contributed by atoms with E-state index in [0.29, 0.717) is 12.8 Å². The molecule has 19 heavy (non-hydrogen) atoms. The van der Waals surface area contributed by atoms with Gasteiger partial charge in [-0.1, -0.05) is 23.7 Å². The summed E-state index contributed by atoms with van der Waals surface area (Å²) < 4.78 is 18.8. The average molecular weight is 299 g/mol. The van der Waals surface area contributed by atoms with Gasteiger partial charge in [0.25, 0.3) is 0 Å². The minimum absolute atomic E-state index is 0.0344. The molecule has 1 heterocycles. The van der Waals surface area contributed by atoms with Gasteiger partial charge < -0.3 is 4.74 Å². The third-order valence-corrected chi connectivity index (χ3v) is 3.72. The lowest BCUT2D eigenvalue weighted by Gasteiger charge is -2.07. The fourth-order valence-corrected chi connectivity index (χ4v) is 2.43. The first-order valence-corrected chi connectivity index (χ1v) is 7.08. The van der Waals surface area contributed by atoms with Gasteiger partial charge in [-0.2, -0.15) is 0 Å². The van der Waals surface area contributed by atoms with Crippen molar-refractivity contribution in [3.63, 3.8) is 0 Å². The third-order valence-electron chi connectivity index (χ3n) is 2.52. The Morgan fingerprint density at radius 1 is 1.32 bits per heavy atom. The molecule has 0 saturated carbocycles. The molecule has 0 N–H and O–H groups in total. The van der Waals surface area contributed by atoms with Crippen LogP contribution in [0.3, 0.4) is 0 Å². The molecule has 2 rings (SSSR count). The molecule has 0 aliphatic carbocycles. The summed E-state index contributed by atoms with van der Waals surface area (Å²) in [7, 11) is 0. The maximum absolute atomic E-state index is 13.5. The van der Waals surface area contributed by atoms with E-state index in [-0.39, 0.29) is 23.2 Å². The first kappa shape index (κ1) is 14.0. The van der Waals surface area contributed by atoms with Crippen LogP contribution < -0.4 is 4.74 Å². The standard InChI is InChI=1S/C14H12ClFO2S/c15-10-4-1-6-12(14(10)16)18-8-2-5-11(17)13-7-3-9-19-13/h1,3-4,6-7,9H,2,5,8H2. The zero-order valence-corrected chi connectivity index (χ0v) is 11.6. The van der Waals surface area contributed by atoms with Crippen molar-refractivity contribution < 1.29 is 13.9 Å². The SMILES string of the molecule is O=C(CCCOc1cccc(Cl)c1F)c1cccs1. The normalized spacial score (nSPS) is 10.4. The number of ketones is 1. The molecular weight excluding hydrogens is 287 g/mol. The highest BCUT2D eigenvalue weighted by Crippen LogP contribution is 2.24. The van der Waals surface area contributed by atoms with Gasteiger partial charge in [0.2, 0.25) is 0 Å². The van der Waals surface area contributed by atoms with Crippen molar-refractivity contribution in [3.8, 4) is 5.75 Å². The predicted molar refractivity (Wildman–Crippen MR) is 74.8 cm³/mol. The van der Waals surface area contributed by atoms with Crippen LogP contribution in [0.2, 0.25) is 5.02 Å². The van der Waals surface area contributed by atoms with Crippen LogP contribution in [0.1, 0.15) is 22.5 Å². The fraction of sp³-hybridized carbons (Fsp3) is 0.214. The van der Waals surface area contributed by atoms with Crippen LogP contribution in [0.25, 0.3) is 0 Å². The lowest BCUT2D eigenvalue weighted by molar-refractivity contribution is 0.0977. The van der Waals surface area contributed by atoms with E-state index in [2.05, 4.69) is 0 Å². The molecule has 0 saturated heterocycles. The molecule has 2 aromatic rings. The Labute approximate surface area is 119 Å². The Hall–Kier alpha value is -1.39. The molecule has 0 radical (unpaired) electrons. The smallest absolute Gasteiger partial charge is 0.183 e. The third kappa shape index (κ3) is 3.78. The molecule has 100 valence electrons. The molecule has 0 fully saturated rings. The summed E-state index contributed by atoms with van der Waals surface area (Å²) in [6.45, 7) is 0.286. The number of carbonyl (C=O) groups excluding carboxylic acids is 1. The lowest BCUT2D eigenvalue weighted by Crippen LogP contribution is -2.03. The quantitative estimate of drug-likeness (QED) is 0.576. The summed E-state index contributed by atoms with van der Waals surface area (Å²) in [6, 6.07) is 8.24. The number of halogens is 2. The summed E-state index contributed by atoms with van der Waals surface area (Å²) in [4.78, 5) is 12.4. The van der Waals surface area contributed by atoms with Crippen molar-refractivity contribution in [2.24, 2.45) is 0 Å². The van der Waals surface area contributed by atoms with Crippen LogP contribution in [0.15, 0.2) is 35.7 Å². The first-order chi connectivity index (χ1) is 9.18. The second kappa shape index (κ2) is 6.68. The minimum Gasteiger partial charge on any atom is -0.490 e. The topological polar surface area (TPSA) is 26.3 Å². The molecule has 0 atom stereocenters. The molecule has 0 aliphatic heterocycles. The lowest BCUT2D eigenvalue weighted by atomic mass is 10.2. The number of rotatable bonds is 6. The van der Waals surface area contributed by atoms with Crippen LogP contribution in [0.4, 0.5) is 4.39 Å². The van der Waals surface area contributed by atoms with Crippen LogP contribution in [-0.4, -0.2) is 12.4 Å². The van der Waals surface area contributed by atoms with Gasteiger partial charge in [-0.05, 0) is 30.0 Å². The van der Waals surface area contributed by atoms with Gasteiger partial charge in [-0.15, -0.1) is 11.3 Å². The van der Waals surface area contributed by atoms with Gasteiger partial charge >= 0.3 is 0 Å². The average Bonchev–Trinajstić information content (AvgIpc) is 2.93. The highest BCUT2D eigenvalue weighted by Gasteiger charge is 2.09. The molecule has 0 amide bonds. The van der Waals surface area contributed by atoms with E-state index in [1.807, 2.05) is 11.4 Å². The largest absolute Gasteiger partial charge is 0.490 e. The minimum atomic E-state index is -0.561. The monoisotopic (exact) mass is 298 g/mol. The maximum Gasteiger partial charge on any atom is 0.183 e. The molecule has 0 aliphatic rings. The Balaban J connectivity index is 1.78. The number of ether oxygens (including phenoxy) is 1. The summed E-state index contributed by atoms with van der Waals surface area (Å²) in [5.74, 6) is -0.352. The zero-order valence-electron chi connectivity index (χ0n) is 10.1. The molecule has 5 heteroatoms. The van der Waals surface area contributed by atoms with Gasteiger partial charge in [0, 0.05) is 6.42 Å². The van der Waals surface area contributed by atoms with Crippen molar-refractivity contribution in [2.75, 3.05) is 6.61 Å². The van der Waals surface area contributed by atoms with Crippen LogP contribution >= 0.6 is 22.9 Å². The Morgan fingerprint density at radius 3 is 2.89 bits per heavy atom. The number of benzene rings is 1. The van der Waals surface area contributed by atoms with Gasteiger partial charge in [0.15, 0.2) is 17.3 Å². The van der Waals surface area contributed by atoms with Crippen molar-refractivity contribution in [3.05, 3.63) is 51.4 Å². The second-order valence-electron chi connectivity index (χ2n) is 3.90. The van der Waals surface area contributed by atoms with Crippen molar-refractivity contribution in [1.29, 1.82) is 0 Å². The molecule has 0 bridgehead atoms. The number of hydrogen-bond acceptors (Lipinski definition) is 3. The summed E-state index contributed by atoms with van der Waals surface area (Å²) in [5.41, 5.74) is 0. The van der Waals surface area contributed by atoms with Gasteiger partial charge in [-0.3, -0.25) is 4.79 Å². The van der Waals surface area contributed by atoms with Gasteiger partial charge in [0.05, 0.1) is 16.5 Å².